The highest BCUT2D eigenvalue weighted by Gasteiger charge is 2.23. The van der Waals surface area contributed by atoms with Crippen molar-refractivity contribution in [1.82, 2.24) is 5.32 Å². The van der Waals surface area contributed by atoms with Gasteiger partial charge in [-0.2, -0.15) is 0 Å². The summed E-state index contributed by atoms with van der Waals surface area (Å²) in [4.78, 5) is 2.42. The lowest BCUT2D eigenvalue weighted by Gasteiger charge is -2.31. The van der Waals surface area contributed by atoms with Gasteiger partial charge in [0.05, 0.1) is 6.10 Å². The quantitative estimate of drug-likeness (QED) is 0.923. The van der Waals surface area contributed by atoms with E-state index >= 15 is 0 Å². The van der Waals surface area contributed by atoms with Gasteiger partial charge in [0.15, 0.2) is 0 Å². The number of ether oxygens (including phenoxy) is 2. The standard InChI is InChI=1S/C17H26N2O2/c1-20-15-5-3-7-17(13-15)21-16-6-2-4-14(12-16)19-10-8-18-9-11-19/h2,4,6,12,15,17-18H,3,5,7-11,13H2,1H3. The highest BCUT2D eigenvalue weighted by Crippen LogP contribution is 2.27. The van der Waals surface area contributed by atoms with Crippen molar-refractivity contribution >= 4 is 5.69 Å². The second-order valence-electron chi connectivity index (χ2n) is 6.00. The molecule has 21 heavy (non-hydrogen) atoms. The maximum Gasteiger partial charge on any atom is 0.121 e. The van der Waals surface area contributed by atoms with Gasteiger partial charge in [-0.15, -0.1) is 0 Å². The van der Waals surface area contributed by atoms with E-state index in [1.54, 1.807) is 7.11 Å². The molecule has 1 aromatic rings. The van der Waals surface area contributed by atoms with Crippen molar-refractivity contribution in [3.8, 4) is 5.75 Å². The smallest absolute Gasteiger partial charge is 0.121 e. The molecule has 1 aliphatic carbocycles. The molecular weight excluding hydrogens is 264 g/mol. The Labute approximate surface area is 127 Å². The predicted molar refractivity (Wildman–Crippen MR) is 85.2 cm³/mol. The highest BCUT2D eigenvalue weighted by atomic mass is 16.5. The van der Waals surface area contributed by atoms with Gasteiger partial charge in [0.25, 0.3) is 0 Å². The molecule has 4 heteroatoms. The number of piperazine rings is 1. The molecule has 1 N–H and O–H groups in total. The fourth-order valence-electron chi connectivity index (χ4n) is 3.29. The first-order valence-corrected chi connectivity index (χ1v) is 8.10. The van der Waals surface area contributed by atoms with Crippen LogP contribution in [-0.4, -0.2) is 45.5 Å². The van der Waals surface area contributed by atoms with Crippen LogP contribution in [-0.2, 0) is 4.74 Å². The van der Waals surface area contributed by atoms with Crippen LogP contribution >= 0.6 is 0 Å². The van der Waals surface area contributed by atoms with Crippen LogP contribution in [0, 0.1) is 0 Å². The van der Waals surface area contributed by atoms with Crippen molar-refractivity contribution in [2.45, 2.75) is 37.9 Å². The van der Waals surface area contributed by atoms with Gasteiger partial charge in [-0.3, -0.25) is 0 Å². The van der Waals surface area contributed by atoms with E-state index in [1.165, 1.54) is 12.1 Å². The summed E-state index contributed by atoms with van der Waals surface area (Å²) in [5.41, 5.74) is 1.27. The molecule has 0 spiro atoms. The van der Waals surface area contributed by atoms with Crippen LogP contribution in [0.1, 0.15) is 25.7 Å². The molecule has 2 atom stereocenters. The molecule has 2 aliphatic rings. The zero-order chi connectivity index (χ0) is 14.5. The minimum Gasteiger partial charge on any atom is -0.490 e. The Kier molecular flexibility index (Phi) is 4.99. The lowest BCUT2D eigenvalue weighted by molar-refractivity contribution is 0.0210. The van der Waals surface area contributed by atoms with E-state index in [0.717, 1.165) is 51.2 Å². The Morgan fingerprint density at radius 2 is 1.95 bits per heavy atom. The van der Waals surface area contributed by atoms with E-state index in [4.69, 9.17) is 9.47 Å². The largest absolute Gasteiger partial charge is 0.490 e. The average Bonchev–Trinajstić information content (AvgIpc) is 2.56. The zero-order valence-corrected chi connectivity index (χ0v) is 12.9. The van der Waals surface area contributed by atoms with E-state index in [2.05, 4.69) is 34.5 Å². The van der Waals surface area contributed by atoms with Crippen LogP contribution in [0.4, 0.5) is 5.69 Å². The first-order valence-electron chi connectivity index (χ1n) is 8.10. The van der Waals surface area contributed by atoms with E-state index in [-0.39, 0.29) is 0 Å². The van der Waals surface area contributed by atoms with Crippen molar-refractivity contribution in [3.05, 3.63) is 24.3 Å². The molecule has 0 aromatic heterocycles. The minimum absolute atomic E-state index is 0.293. The molecule has 1 heterocycles. The first-order chi connectivity index (χ1) is 10.3. The van der Waals surface area contributed by atoms with Crippen molar-refractivity contribution in [3.63, 3.8) is 0 Å². The molecule has 1 saturated carbocycles. The highest BCUT2D eigenvalue weighted by molar-refractivity contribution is 5.51. The van der Waals surface area contributed by atoms with Crippen molar-refractivity contribution in [1.29, 1.82) is 0 Å². The Balaban J connectivity index is 1.62. The number of rotatable bonds is 4. The van der Waals surface area contributed by atoms with E-state index in [0.29, 0.717) is 12.2 Å². The molecule has 116 valence electrons. The molecule has 1 aliphatic heterocycles. The normalized spacial score (nSPS) is 26.6. The van der Waals surface area contributed by atoms with Crippen molar-refractivity contribution in [2.75, 3.05) is 38.2 Å². The monoisotopic (exact) mass is 290 g/mol. The van der Waals surface area contributed by atoms with Crippen LogP contribution in [0.2, 0.25) is 0 Å². The van der Waals surface area contributed by atoms with Gasteiger partial charge >= 0.3 is 0 Å². The van der Waals surface area contributed by atoms with Gasteiger partial charge in [0.1, 0.15) is 11.9 Å². The Morgan fingerprint density at radius 3 is 2.76 bits per heavy atom. The summed E-state index contributed by atoms with van der Waals surface area (Å²) in [6.07, 6.45) is 5.16. The zero-order valence-electron chi connectivity index (χ0n) is 12.9. The maximum atomic E-state index is 6.20. The SMILES string of the molecule is COC1CCCC(Oc2cccc(N3CCNCC3)c2)C1. The van der Waals surface area contributed by atoms with Crippen LogP contribution in [0.5, 0.6) is 5.75 Å². The summed E-state index contributed by atoms with van der Waals surface area (Å²) in [6.45, 7) is 4.25. The van der Waals surface area contributed by atoms with Gasteiger partial charge in [-0.1, -0.05) is 6.07 Å². The number of methoxy groups -OCH3 is 1. The summed E-state index contributed by atoms with van der Waals surface area (Å²) >= 11 is 0. The van der Waals surface area contributed by atoms with Crippen LogP contribution in [0.3, 0.4) is 0 Å². The summed E-state index contributed by atoms with van der Waals surface area (Å²) in [5.74, 6) is 0.993. The fraction of sp³-hybridized carbons (Fsp3) is 0.647. The van der Waals surface area contributed by atoms with E-state index < -0.39 is 0 Å². The Hall–Kier alpha value is -1.26. The van der Waals surface area contributed by atoms with Crippen LogP contribution in [0.25, 0.3) is 0 Å². The van der Waals surface area contributed by atoms with Gasteiger partial charge in [-0.25, -0.2) is 0 Å². The summed E-state index contributed by atoms with van der Waals surface area (Å²) in [5, 5.41) is 3.39. The number of nitrogens with zero attached hydrogens (tertiary/aromatic N) is 1. The Bertz CT molecular complexity index is 446. The summed E-state index contributed by atoms with van der Waals surface area (Å²) < 4.78 is 11.7. The number of nitrogens with one attached hydrogen (secondary N) is 1. The average molecular weight is 290 g/mol. The third kappa shape index (κ3) is 3.89. The van der Waals surface area contributed by atoms with Crippen LogP contribution < -0.4 is 15.0 Å². The first kappa shape index (κ1) is 14.7. The van der Waals surface area contributed by atoms with Crippen LogP contribution in [0.15, 0.2) is 24.3 Å². The van der Waals surface area contributed by atoms with E-state index in [9.17, 15) is 0 Å². The van der Waals surface area contributed by atoms with Gasteiger partial charge in [-0.05, 0) is 31.4 Å². The molecule has 2 unspecified atom stereocenters. The minimum atomic E-state index is 0.293. The third-order valence-electron chi connectivity index (χ3n) is 4.51. The molecule has 1 saturated heterocycles. The Morgan fingerprint density at radius 1 is 1.14 bits per heavy atom. The molecular formula is C17H26N2O2. The second kappa shape index (κ2) is 7.14. The van der Waals surface area contributed by atoms with Crippen molar-refractivity contribution in [2.24, 2.45) is 0 Å². The van der Waals surface area contributed by atoms with Gasteiger partial charge in [0, 0.05) is 51.5 Å². The summed E-state index contributed by atoms with van der Waals surface area (Å²) in [6, 6.07) is 8.53. The lowest BCUT2D eigenvalue weighted by atomic mass is 9.95. The maximum absolute atomic E-state index is 6.20. The second-order valence-corrected chi connectivity index (χ2v) is 6.00. The summed E-state index contributed by atoms with van der Waals surface area (Å²) in [7, 11) is 1.80. The molecule has 1 aromatic carbocycles. The van der Waals surface area contributed by atoms with Gasteiger partial charge < -0.3 is 19.7 Å². The molecule has 0 radical (unpaired) electrons. The number of benzene rings is 1. The topological polar surface area (TPSA) is 33.7 Å². The van der Waals surface area contributed by atoms with E-state index in [1.807, 2.05) is 0 Å². The lowest BCUT2D eigenvalue weighted by Crippen LogP contribution is -2.43. The predicted octanol–water partition coefficient (Wildman–Crippen LogP) is 2.43. The number of hydrogen-bond acceptors (Lipinski definition) is 4. The fourth-order valence-corrected chi connectivity index (χ4v) is 3.29. The van der Waals surface area contributed by atoms with Crippen molar-refractivity contribution < 1.29 is 9.47 Å². The van der Waals surface area contributed by atoms with Gasteiger partial charge in [0.2, 0.25) is 0 Å². The molecule has 3 rings (SSSR count). The number of hydrogen-bond donors (Lipinski definition) is 1. The molecule has 4 nitrogen and oxygen atoms in total. The molecule has 0 amide bonds. The third-order valence-corrected chi connectivity index (χ3v) is 4.51. The molecule has 2 fully saturated rings. The number of anilines is 1. The molecule has 0 bridgehead atoms.